The van der Waals surface area contributed by atoms with Gasteiger partial charge in [0.1, 0.15) is 6.61 Å². The Morgan fingerprint density at radius 2 is 1.96 bits per heavy atom. The molecule has 4 N–H and O–H groups in total. The van der Waals surface area contributed by atoms with E-state index in [0.717, 1.165) is 5.56 Å². The number of amides is 1. The van der Waals surface area contributed by atoms with Gasteiger partial charge in [-0.25, -0.2) is 0 Å². The Balaban J connectivity index is 2.14. The number of carbonyl (C=O) groups is 2. The van der Waals surface area contributed by atoms with Crippen molar-refractivity contribution >= 4 is 11.9 Å². The average molecular weight is 320 g/mol. The monoisotopic (exact) mass is 320 g/mol. The van der Waals surface area contributed by atoms with E-state index in [-0.39, 0.29) is 31.4 Å². The van der Waals surface area contributed by atoms with Crippen molar-refractivity contribution in [1.29, 1.82) is 0 Å². The highest BCUT2D eigenvalue weighted by Gasteiger charge is 2.26. The summed E-state index contributed by atoms with van der Waals surface area (Å²) in [7, 11) is 0. The van der Waals surface area contributed by atoms with Crippen molar-refractivity contribution in [2.75, 3.05) is 6.61 Å². The number of hydrogen-bond acceptors (Lipinski definition) is 5. The van der Waals surface area contributed by atoms with Crippen molar-refractivity contribution < 1.29 is 19.4 Å². The van der Waals surface area contributed by atoms with E-state index < -0.39 is 24.0 Å². The van der Waals surface area contributed by atoms with E-state index in [4.69, 9.17) is 10.5 Å². The quantitative estimate of drug-likeness (QED) is 0.667. The molecule has 0 bridgehead atoms. The molecular weight excluding hydrogens is 296 g/mol. The van der Waals surface area contributed by atoms with Crippen molar-refractivity contribution in [3.8, 4) is 0 Å². The molecule has 1 aromatic carbocycles. The van der Waals surface area contributed by atoms with Crippen LogP contribution in [0.5, 0.6) is 0 Å². The van der Waals surface area contributed by atoms with Gasteiger partial charge in [-0.05, 0) is 18.4 Å². The van der Waals surface area contributed by atoms with E-state index in [1.165, 1.54) is 0 Å². The average Bonchev–Trinajstić information content (AvgIpc) is 2.55. The van der Waals surface area contributed by atoms with Crippen LogP contribution in [0.15, 0.2) is 30.3 Å². The van der Waals surface area contributed by atoms with Gasteiger partial charge in [0.05, 0.1) is 18.1 Å². The highest BCUT2D eigenvalue weighted by atomic mass is 16.5. The summed E-state index contributed by atoms with van der Waals surface area (Å²) in [4.78, 5) is 24.1. The third kappa shape index (κ3) is 5.04. The van der Waals surface area contributed by atoms with Gasteiger partial charge in [-0.3, -0.25) is 9.59 Å². The first kappa shape index (κ1) is 17.4. The Kier molecular flexibility index (Phi) is 6.12. The molecule has 1 aliphatic heterocycles. The van der Waals surface area contributed by atoms with Crippen LogP contribution < -0.4 is 11.1 Å². The van der Waals surface area contributed by atoms with E-state index in [1.807, 2.05) is 30.3 Å². The molecule has 0 spiro atoms. The van der Waals surface area contributed by atoms with Crippen LogP contribution in [0.4, 0.5) is 0 Å². The van der Waals surface area contributed by atoms with E-state index in [1.54, 1.807) is 6.92 Å². The summed E-state index contributed by atoms with van der Waals surface area (Å²) in [6, 6.07) is 8.45. The maximum Gasteiger partial charge on any atom is 0.308 e. The summed E-state index contributed by atoms with van der Waals surface area (Å²) in [5.41, 5.74) is 6.77. The lowest BCUT2D eigenvalue weighted by Crippen LogP contribution is -2.40. The van der Waals surface area contributed by atoms with E-state index in [0.29, 0.717) is 6.42 Å². The molecule has 1 fully saturated rings. The van der Waals surface area contributed by atoms with Crippen LogP contribution >= 0.6 is 0 Å². The van der Waals surface area contributed by atoms with Crippen LogP contribution in [0, 0.1) is 5.92 Å². The number of benzene rings is 1. The van der Waals surface area contributed by atoms with Gasteiger partial charge in [-0.1, -0.05) is 37.3 Å². The lowest BCUT2D eigenvalue weighted by Gasteiger charge is -2.25. The van der Waals surface area contributed by atoms with Crippen LogP contribution in [0.1, 0.15) is 37.8 Å². The third-order valence-corrected chi connectivity index (χ3v) is 4.13. The molecule has 1 aromatic rings. The molecule has 0 aliphatic carbocycles. The summed E-state index contributed by atoms with van der Waals surface area (Å²) in [5.74, 6) is -1.01. The topological polar surface area (TPSA) is 102 Å². The second-order valence-electron chi connectivity index (χ2n) is 6.07. The molecule has 0 unspecified atom stereocenters. The minimum absolute atomic E-state index is 0.0705. The van der Waals surface area contributed by atoms with E-state index in [9.17, 15) is 14.7 Å². The smallest absolute Gasteiger partial charge is 0.308 e. The summed E-state index contributed by atoms with van der Waals surface area (Å²) >= 11 is 0. The molecule has 4 atom stereocenters. The summed E-state index contributed by atoms with van der Waals surface area (Å²) < 4.78 is 5.32. The fourth-order valence-corrected chi connectivity index (χ4v) is 2.60. The van der Waals surface area contributed by atoms with Crippen molar-refractivity contribution in [2.24, 2.45) is 11.7 Å². The van der Waals surface area contributed by atoms with Crippen molar-refractivity contribution in [3.05, 3.63) is 35.9 Å². The molecule has 0 aromatic heterocycles. The number of aliphatic hydroxyl groups excluding tert-OH is 1. The zero-order valence-electron chi connectivity index (χ0n) is 13.3. The van der Waals surface area contributed by atoms with Gasteiger partial charge in [0.15, 0.2) is 0 Å². The number of hydrogen-bond donors (Lipinski definition) is 3. The van der Waals surface area contributed by atoms with Gasteiger partial charge < -0.3 is 20.9 Å². The molecule has 23 heavy (non-hydrogen) atoms. The number of nitrogens with one attached hydrogen (secondary N) is 1. The lowest BCUT2D eigenvalue weighted by molar-refractivity contribution is -0.150. The zero-order chi connectivity index (χ0) is 16.8. The normalized spacial score (nSPS) is 30.6. The molecule has 6 heteroatoms. The second kappa shape index (κ2) is 8.08. The van der Waals surface area contributed by atoms with Gasteiger partial charge >= 0.3 is 5.97 Å². The van der Waals surface area contributed by atoms with Gasteiger partial charge in [-0.2, -0.15) is 0 Å². The lowest BCUT2D eigenvalue weighted by atomic mass is 9.96. The number of cyclic esters (lactones) is 1. The van der Waals surface area contributed by atoms with Crippen molar-refractivity contribution in [1.82, 2.24) is 5.32 Å². The second-order valence-corrected chi connectivity index (χ2v) is 6.07. The first-order valence-electron chi connectivity index (χ1n) is 7.92. The fourth-order valence-electron chi connectivity index (χ4n) is 2.60. The van der Waals surface area contributed by atoms with Crippen molar-refractivity contribution in [2.45, 2.75) is 44.4 Å². The number of nitrogens with two attached hydrogens (primary N) is 1. The molecule has 1 saturated heterocycles. The molecule has 6 nitrogen and oxygen atoms in total. The first-order valence-corrected chi connectivity index (χ1v) is 7.92. The Morgan fingerprint density at radius 1 is 1.26 bits per heavy atom. The molecule has 0 saturated carbocycles. The first-order chi connectivity index (χ1) is 11.0. The molecule has 1 aliphatic rings. The maximum atomic E-state index is 12.1. The molecule has 1 heterocycles. The van der Waals surface area contributed by atoms with Crippen LogP contribution in [0.2, 0.25) is 0 Å². The number of aliphatic hydroxyl groups is 1. The Hall–Kier alpha value is -1.92. The minimum Gasteiger partial charge on any atom is -0.463 e. The van der Waals surface area contributed by atoms with Gasteiger partial charge in [0, 0.05) is 12.5 Å². The fraction of sp³-hybridized carbons (Fsp3) is 0.529. The number of esters is 1. The Morgan fingerprint density at radius 3 is 2.65 bits per heavy atom. The van der Waals surface area contributed by atoms with Crippen LogP contribution in [0.3, 0.4) is 0 Å². The maximum absolute atomic E-state index is 12.1. The SMILES string of the molecule is C[C@@H]1C[C@H](O)[C@@H](N)CCC(=O)N[C@H](c2ccccc2)COC1=O. The molecule has 1 amide bonds. The summed E-state index contributed by atoms with van der Waals surface area (Å²) in [6.07, 6.45) is 0.00678. The number of ether oxygens (including phenoxy) is 1. The molecular formula is C17H24N2O4. The number of carbonyl (C=O) groups excluding carboxylic acids is 2. The van der Waals surface area contributed by atoms with Crippen LogP contribution in [0.25, 0.3) is 0 Å². The number of rotatable bonds is 1. The molecule has 126 valence electrons. The highest BCUT2D eigenvalue weighted by molar-refractivity contribution is 5.76. The highest BCUT2D eigenvalue weighted by Crippen LogP contribution is 2.18. The van der Waals surface area contributed by atoms with Gasteiger partial charge in [0.25, 0.3) is 0 Å². The largest absolute Gasteiger partial charge is 0.463 e. The minimum atomic E-state index is -0.824. The van der Waals surface area contributed by atoms with Crippen molar-refractivity contribution in [3.63, 3.8) is 0 Å². The summed E-state index contributed by atoms with van der Waals surface area (Å²) in [6.45, 7) is 1.78. The van der Waals surface area contributed by atoms with Crippen LogP contribution in [-0.2, 0) is 14.3 Å². The van der Waals surface area contributed by atoms with E-state index >= 15 is 0 Å². The molecule has 0 radical (unpaired) electrons. The standard InChI is InChI=1S/C17H24N2O4/c1-11-9-15(20)13(18)7-8-16(21)19-14(10-23-17(11)22)12-5-3-2-4-6-12/h2-6,11,13-15,20H,7-10,18H2,1H3,(H,19,21)/t11-,13+,14+,15+/m1/s1. The Bertz CT molecular complexity index is 535. The van der Waals surface area contributed by atoms with Crippen LogP contribution in [-0.4, -0.2) is 35.7 Å². The molecule has 2 rings (SSSR count). The third-order valence-electron chi connectivity index (χ3n) is 4.13. The van der Waals surface area contributed by atoms with Gasteiger partial charge in [0.2, 0.25) is 5.91 Å². The van der Waals surface area contributed by atoms with Gasteiger partial charge in [-0.15, -0.1) is 0 Å². The predicted octanol–water partition coefficient (Wildman–Crippen LogP) is 0.895. The Labute approximate surface area is 136 Å². The zero-order valence-corrected chi connectivity index (χ0v) is 13.3. The summed E-state index contributed by atoms with van der Waals surface area (Å²) in [5, 5.41) is 12.9. The predicted molar refractivity (Wildman–Crippen MR) is 85.3 cm³/mol. The van der Waals surface area contributed by atoms with E-state index in [2.05, 4.69) is 5.32 Å².